The number of nitrogens with zero attached hydrogens (tertiary/aromatic N) is 3. The predicted molar refractivity (Wildman–Crippen MR) is 79.5 cm³/mol. The molecule has 2 aliphatic heterocycles. The van der Waals surface area contributed by atoms with Crippen LogP contribution in [0.2, 0.25) is 0 Å². The van der Waals surface area contributed by atoms with Crippen molar-refractivity contribution in [2.45, 2.75) is 44.6 Å². The van der Waals surface area contributed by atoms with Crippen LogP contribution in [0, 0.1) is 0 Å². The average Bonchev–Trinajstić information content (AvgIpc) is 2.71. The monoisotopic (exact) mass is 259 g/mol. The van der Waals surface area contributed by atoms with Gasteiger partial charge in [-0.1, -0.05) is 18.9 Å². The van der Waals surface area contributed by atoms with Gasteiger partial charge in [0.2, 0.25) is 0 Å². The van der Waals surface area contributed by atoms with Crippen molar-refractivity contribution in [3.63, 3.8) is 0 Å². The van der Waals surface area contributed by atoms with Crippen LogP contribution in [-0.4, -0.2) is 36.6 Å². The van der Waals surface area contributed by atoms with Gasteiger partial charge in [0.15, 0.2) is 0 Å². The Bertz CT molecular complexity index is 410. The van der Waals surface area contributed by atoms with Crippen molar-refractivity contribution in [1.82, 2.24) is 9.88 Å². The molecule has 1 aromatic rings. The van der Waals surface area contributed by atoms with Gasteiger partial charge >= 0.3 is 0 Å². The molecule has 0 saturated carbocycles. The second-order valence-electron chi connectivity index (χ2n) is 5.96. The quantitative estimate of drug-likeness (QED) is 0.813. The summed E-state index contributed by atoms with van der Waals surface area (Å²) in [5, 5.41) is 0. The lowest BCUT2D eigenvalue weighted by Crippen LogP contribution is -2.28. The molecule has 0 spiro atoms. The molecule has 0 N–H and O–H groups in total. The maximum atomic E-state index is 4.72. The fourth-order valence-corrected chi connectivity index (χ4v) is 3.52. The third-order valence-corrected chi connectivity index (χ3v) is 4.60. The third-order valence-electron chi connectivity index (χ3n) is 4.60. The molecule has 2 saturated heterocycles. The summed E-state index contributed by atoms with van der Waals surface area (Å²) in [6.45, 7) is 3.58. The molecule has 104 valence electrons. The van der Waals surface area contributed by atoms with Crippen molar-refractivity contribution >= 4 is 5.82 Å². The summed E-state index contributed by atoms with van der Waals surface area (Å²) < 4.78 is 0. The van der Waals surface area contributed by atoms with Crippen molar-refractivity contribution in [2.24, 2.45) is 0 Å². The summed E-state index contributed by atoms with van der Waals surface area (Å²) in [5.74, 6) is 1.25. The Morgan fingerprint density at radius 1 is 1.05 bits per heavy atom. The number of hydrogen-bond donors (Lipinski definition) is 0. The topological polar surface area (TPSA) is 19.4 Å². The molecule has 3 nitrogen and oxygen atoms in total. The fraction of sp³-hybridized carbons (Fsp3) is 0.688. The smallest absolute Gasteiger partial charge is 0.133 e. The third kappa shape index (κ3) is 2.76. The first kappa shape index (κ1) is 12.9. The number of likely N-dealkylation sites (tertiary alicyclic amines) is 1. The molecular formula is C16H25N3. The molecule has 0 amide bonds. The molecule has 2 fully saturated rings. The molecule has 19 heavy (non-hydrogen) atoms. The Kier molecular flexibility index (Phi) is 4.02. The average molecular weight is 259 g/mol. The van der Waals surface area contributed by atoms with Crippen molar-refractivity contribution in [1.29, 1.82) is 0 Å². The van der Waals surface area contributed by atoms with E-state index < -0.39 is 0 Å². The van der Waals surface area contributed by atoms with Gasteiger partial charge in [-0.25, -0.2) is 4.98 Å². The van der Waals surface area contributed by atoms with Crippen molar-refractivity contribution in [3.05, 3.63) is 23.9 Å². The summed E-state index contributed by atoms with van der Waals surface area (Å²) in [6, 6.07) is 4.97. The number of hydrogen-bond acceptors (Lipinski definition) is 3. The maximum absolute atomic E-state index is 4.72. The minimum absolute atomic E-state index is 0.576. The van der Waals surface area contributed by atoms with E-state index >= 15 is 0 Å². The molecule has 1 aromatic heterocycles. The molecule has 0 bridgehead atoms. The number of anilines is 1. The minimum Gasteiger partial charge on any atom is -0.356 e. The first-order valence-corrected chi connectivity index (χ1v) is 7.76. The lowest BCUT2D eigenvalue weighted by Gasteiger charge is -2.28. The Morgan fingerprint density at radius 3 is 2.53 bits per heavy atom. The van der Waals surface area contributed by atoms with Gasteiger partial charge in [-0.05, 0) is 45.3 Å². The van der Waals surface area contributed by atoms with E-state index in [1.54, 1.807) is 0 Å². The first-order chi connectivity index (χ1) is 9.36. The summed E-state index contributed by atoms with van der Waals surface area (Å²) in [4.78, 5) is 9.73. The van der Waals surface area contributed by atoms with Crippen LogP contribution < -0.4 is 4.90 Å². The first-order valence-electron chi connectivity index (χ1n) is 7.76. The van der Waals surface area contributed by atoms with E-state index in [1.165, 1.54) is 69.5 Å². The van der Waals surface area contributed by atoms with Gasteiger partial charge < -0.3 is 4.90 Å². The number of rotatable bonds is 2. The Balaban J connectivity index is 1.87. The van der Waals surface area contributed by atoms with Crippen molar-refractivity contribution in [2.75, 3.05) is 31.6 Å². The largest absolute Gasteiger partial charge is 0.356 e. The minimum atomic E-state index is 0.576. The normalized spacial score (nSPS) is 25.5. The lowest BCUT2D eigenvalue weighted by atomic mass is 10.0. The zero-order valence-corrected chi connectivity index (χ0v) is 12.0. The molecule has 1 atom stereocenters. The molecule has 0 unspecified atom stereocenters. The second-order valence-corrected chi connectivity index (χ2v) is 5.96. The van der Waals surface area contributed by atoms with E-state index in [2.05, 4.69) is 29.0 Å². The van der Waals surface area contributed by atoms with Crippen LogP contribution in [0.15, 0.2) is 18.3 Å². The SMILES string of the molecule is CN1CCC[C@@H]1c1cccnc1N1CCCCCC1. The van der Waals surface area contributed by atoms with E-state index in [9.17, 15) is 0 Å². The van der Waals surface area contributed by atoms with Gasteiger partial charge in [0.05, 0.1) is 0 Å². The van der Waals surface area contributed by atoms with E-state index in [0.717, 1.165) is 0 Å². The zero-order valence-electron chi connectivity index (χ0n) is 12.0. The van der Waals surface area contributed by atoms with Crippen LogP contribution in [0.1, 0.15) is 50.1 Å². The molecule has 0 aliphatic carbocycles. The maximum Gasteiger partial charge on any atom is 0.133 e. The number of pyridine rings is 1. The van der Waals surface area contributed by atoms with E-state index in [1.807, 2.05) is 6.20 Å². The van der Waals surface area contributed by atoms with Crippen LogP contribution in [0.5, 0.6) is 0 Å². The van der Waals surface area contributed by atoms with E-state index in [-0.39, 0.29) is 0 Å². The van der Waals surface area contributed by atoms with E-state index in [0.29, 0.717) is 6.04 Å². The zero-order chi connectivity index (χ0) is 13.1. The van der Waals surface area contributed by atoms with Gasteiger partial charge in [0.1, 0.15) is 5.82 Å². The molecule has 2 aliphatic rings. The highest BCUT2D eigenvalue weighted by molar-refractivity contribution is 5.48. The van der Waals surface area contributed by atoms with E-state index in [4.69, 9.17) is 4.98 Å². The van der Waals surface area contributed by atoms with Crippen LogP contribution in [0.3, 0.4) is 0 Å². The lowest BCUT2D eigenvalue weighted by molar-refractivity contribution is 0.317. The fourth-order valence-electron chi connectivity index (χ4n) is 3.52. The second kappa shape index (κ2) is 5.91. The van der Waals surface area contributed by atoms with Crippen LogP contribution >= 0.6 is 0 Å². The van der Waals surface area contributed by atoms with Crippen LogP contribution in [0.25, 0.3) is 0 Å². The highest BCUT2D eigenvalue weighted by atomic mass is 15.2. The molecule has 3 heteroatoms. The molecule has 3 rings (SSSR count). The summed E-state index contributed by atoms with van der Waals surface area (Å²) >= 11 is 0. The molecular weight excluding hydrogens is 234 g/mol. The van der Waals surface area contributed by atoms with Gasteiger partial charge in [-0.15, -0.1) is 0 Å². The summed E-state index contributed by atoms with van der Waals surface area (Å²) in [5.41, 5.74) is 1.45. The van der Waals surface area contributed by atoms with Crippen molar-refractivity contribution in [3.8, 4) is 0 Å². The molecule has 3 heterocycles. The van der Waals surface area contributed by atoms with Crippen molar-refractivity contribution < 1.29 is 0 Å². The summed E-state index contributed by atoms with van der Waals surface area (Å²) in [7, 11) is 2.25. The van der Waals surface area contributed by atoms with Crippen LogP contribution in [-0.2, 0) is 0 Å². The van der Waals surface area contributed by atoms with Gasteiger partial charge in [-0.3, -0.25) is 4.90 Å². The van der Waals surface area contributed by atoms with Gasteiger partial charge in [0.25, 0.3) is 0 Å². The highest BCUT2D eigenvalue weighted by Crippen LogP contribution is 2.35. The van der Waals surface area contributed by atoms with Gasteiger partial charge in [0, 0.05) is 30.9 Å². The summed E-state index contributed by atoms with van der Waals surface area (Å²) in [6.07, 6.45) is 9.94. The Hall–Kier alpha value is -1.09. The molecule has 0 aromatic carbocycles. The highest BCUT2D eigenvalue weighted by Gasteiger charge is 2.27. The number of aromatic nitrogens is 1. The standard InChI is InChI=1S/C16H25N3/c1-18-11-7-9-15(18)14-8-6-10-17-16(14)19-12-4-2-3-5-13-19/h6,8,10,15H,2-5,7,9,11-13H2,1H3/t15-/m1/s1. The molecule has 0 radical (unpaired) electrons. The Labute approximate surface area is 116 Å². The van der Waals surface area contributed by atoms with Gasteiger partial charge in [-0.2, -0.15) is 0 Å². The predicted octanol–water partition coefficient (Wildman–Crippen LogP) is 3.23. The Morgan fingerprint density at radius 2 is 1.84 bits per heavy atom. The van der Waals surface area contributed by atoms with Crippen LogP contribution in [0.4, 0.5) is 5.82 Å².